The number of hydrogen-bond acceptors (Lipinski definition) is 7. The van der Waals surface area contributed by atoms with E-state index < -0.39 is 22.8 Å². The Labute approximate surface area is 183 Å². The summed E-state index contributed by atoms with van der Waals surface area (Å²) in [6, 6.07) is 4.39. The van der Waals surface area contributed by atoms with Crippen LogP contribution in [0.2, 0.25) is 5.15 Å². The average Bonchev–Trinajstić information content (AvgIpc) is 3.20. The van der Waals surface area contributed by atoms with Crippen LogP contribution < -0.4 is 16.6 Å². The Balaban J connectivity index is 1.59. The van der Waals surface area contributed by atoms with Crippen molar-refractivity contribution in [3.05, 3.63) is 72.2 Å². The maximum Gasteiger partial charge on any atom is 0.349 e. The summed E-state index contributed by atoms with van der Waals surface area (Å²) in [5, 5.41) is 6.14. The molecule has 162 valence electrons. The Kier molecular flexibility index (Phi) is 5.99. The summed E-state index contributed by atoms with van der Waals surface area (Å²) in [6.45, 7) is 0.622. The third-order valence-electron chi connectivity index (χ3n) is 4.94. The third kappa shape index (κ3) is 4.43. The van der Waals surface area contributed by atoms with Gasteiger partial charge in [-0.2, -0.15) is 14.2 Å². The number of nitrogens with zero attached hydrogens (tertiary/aromatic N) is 3. The lowest BCUT2D eigenvalue weighted by atomic mass is 9.92. The van der Waals surface area contributed by atoms with Crippen LogP contribution in [-0.4, -0.2) is 38.8 Å². The molecular weight excluding hydrogens is 449 g/mol. The van der Waals surface area contributed by atoms with E-state index in [4.69, 9.17) is 16.3 Å². The van der Waals surface area contributed by atoms with Crippen molar-refractivity contribution in [2.75, 3.05) is 13.2 Å². The largest absolute Gasteiger partial charge is 0.368 e. The van der Waals surface area contributed by atoms with Gasteiger partial charge >= 0.3 is 5.69 Å². The van der Waals surface area contributed by atoms with Crippen molar-refractivity contribution in [2.24, 2.45) is 0 Å². The van der Waals surface area contributed by atoms with E-state index in [2.05, 4.69) is 20.4 Å². The molecule has 31 heavy (non-hydrogen) atoms. The highest BCUT2D eigenvalue weighted by Crippen LogP contribution is 2.38. The maximum atomic E-state index is 13.6. The van der Waals surface area contributed by atoms with Crippen LogP contribution in [0.4, 0.5) is 4.39 Å². The molecule has 3 aromatic heterocycles. The van der Waals surface area contributed by atoms with Gasteiger partial charge in [0.25, 0.3) is 11.5 Å². The average molecular weight is 466 g/mol. The minimum Gasteiger partial charge on any atom is -0.368 e. The van der Waals surface area contributed by atoms with Gasteiger partial charge in [0.2, 0.25) is 0 Å². The fraction of sp³-hybridized carbons (Fsp3) is 0.316. The second-order valence-corrected chi connectivity index (χ2v) is 8.36. The number of aromatic nitrogens is 4. The summed E-state index contributed by atoms with van der Waals surface area (Å²) in [4.78, 5) is 42.8. The van der Waals surface area contributed by atoms with Gasteiger partial charge in [0.15, 0.2) is 5.13 Å². The van der Waals surface area contributed by atoms with Crippen LogP contribution in [0.25, 0.3) is 5.69 Å². The first kappa shape index (κ1) is 21.3. The molecule has 1 amide bonds. The predicted octanol–water partition coefficient (Wildman–Crippen LogP) is 2.00. The maximum absolute atomic E-state index is 13.6. The van der Waals surface area contributed by atoms with E-state index in [1.807, 2.05) is 0 Å². The highest BCUT2D eigenvalue weighted by atomic mass is 35.5. The van der Waals surface area contributed by atoms with Crippen LogP contribution >= 0.6 is 22.9 Å². The number of rotatable bonds is 5. The van der Waals surface area contributed by atoms with Crippen LogP contribution in [0.5, 0.6) is 0 Å². The number of carbonyl (C=O) groups excluding carboxylic acids is 1. The standard InChI is InChI=1S/C19H17ClFN5O4S/c20-16-12(7-11(8-22-16)26-18(29)25-15(27)9-24-26)17(28)23-10-19(5-1-2-6-30-19)13-3-4-14(21)31-13/h3-4,7-9H,1-2,5-6,10H2,(H,23,28)(H,25,27,29). The highest BCUT2D eigenvalue weighted by molar-refractivity contribution is 7.10. The zero-order chi connectivity index (χ0) is 22.0. The third-order valence-corrected chi connectivity index (χ3v) is 6.30. The lowest BCUT2D eigenvalue weighted by Gasteiger charge is -2.36. The van der Waals surface area contributed by atoms with Crippen LogP contribution in [0.3, 0.4) is 0 Å². The van der Waals surface area contributed by atoms with Gasteiger partial charge in [0.05, 0.1) is 24.0 Å². The fourth-order valence-electron chi connectivity index (χ4n) is 3.40. The van der Waals surface area contributed by atoms with Crippen molar-refractivity contribution in [1.29, 1.82) is 0 Å². The molecule has 0 aliphatic carbocycles. The first-order chi connectivity index (χ1) is 14.9. The number of hydrogen-bond donors (Lipinski definition) is 2. The Morgan fingerprint density at radius 1 is 1.35 bits per heavy atom. The van der Waals surface area contributed by atoms with E-state index in [1.165, 1.54) is 18.3 Å². The molecule has 0 bridgehead atoms. The molecule has 1 atom stereocenters. The number of nitrogens with one attached hydrogen (secondary N) is 2. The SMILES string of the molecule is O=C(NCC1(c2ccc(F)s2)CCCCO1)c1cc(-n2ncc(=O)[nH]c2=O)cnc1Cl. The summed E-state index contributed by atoms with van der Waals surface area (Å²) in [5.74, 6) is -0.539. The molecule has 0 aromatic carbocycles. The lowest BCUT2D eigenvalue weighted by Crippen LogP contribution is -2.44. The van der Waals surface area contributed by atoms with Crippen molar-refractivity contribution in [2.45, 2.75) is 24.9 Å². The van der Waals surface area contributed by atoms with E-state index in [0.717, 1.165) is 35.1 Å². The van der Waals surface area contributed by atoms with Gasteiger partial charge in [-0.1, -0.05) is 11.6 Å². The molecule has 2 N–H and O–H groups in total. The Bertz CT molecular complexity index is 1230. The minimum atomic E-state index is -0.822. The molecule has 1 aliphatic heterocycles. The van der Waals surface area contributed by atoms with Gasteiger partial charge in [-0.25, -0.2) is 9.78 Å². The minimum absolute atomic E-state index is 0.0161. The molecule has 3 aromatic rings. The number of amides is 1. The fourth-order valence-corrected chi connectivity index (χ4v) is 4.49. The number of carbonyl (C=O) groups is 1. The molecule has 9 nitrogen and oxygen atoms in total. The summed E-state index contributed by atoms with van der Waals surface area (Å²) in [6.07, 6.45) is 4.60. The quantitative estimate of drug-likeness (QED) is 0.556. The van der Waals surface area contributed by atoms with Crippen molar-refractivity contribution in [1.82, 2.24) is 25.1 Å². The molecular formula is C19H17ClFN5O4S. The predicted molar refractivity (Wildman–Crippen MR) is 111 cm³/mol. The van der Waals surface area contributed by atoms with Gasteiger partial charge in [0.1, 0.15) is 17.0 Å². The molecule has 4 heterocycles. The number of pyridine rings is 1. The van der Waals surface area contributed by atoms with E-state index in [-0.39, 0.29) is 28.1 Å². The molecule has 0 spiro atoms. The van der Waals surface area contributed by atoms with Crippen molar-refractivity contribution < 1.29 is 13.9 Å². The first-order valence-electron chi connectivity index (χ1n) is 9.40. The van der Waals surface area contributed by atoms with Gasteiger partial charge in [-0.3, -0.25) is 14.6 Å². The molecule has 1 aliphatic rings. The smallest absolute Gasteiger partial charge is 0.349 e. The van der Waals surface area contributed by atoms with Crippen LogP contribution in [0.1, 0.15) is 34.5 Å². The van der Waals surface area contributed by atoms with Crippen molar-refractivity contribution in [3.8, 4) is 5.69 Å². The zero-order valence-corrected chi connectivity index (χ0v) is 17.6. The summed E-state index contributed by atoms with van der Waals surface area (Å²) >= 11 is 7.09. The summed E-state index contributed by atoms with van der Waals surface area (Å²) < 4.78 is 20.5. The van der Waals surface area contributed by atoms with Crippen LogP contribution in [0, 0.1) is 5.13 Å². The number of H-pyrrole nitrogens is 1. The second-order valence-electron chi connectivity index (χ2n) is 6.97. The van der Waals surface area contributed by atoms with E-state index >= 15 is 0 Å². The number of halogens is 2. The van der Waals surface area contributed by atoms with E-state index in [9.17, 15) is 18.8 Å². The summed E-state index contributed by atoms with van der Waals surface area (Å²) in [5.41, 5.74) is -2.08. The zero-order valence-electron chi connectivity index (χ0n) is 16.1. The van der Waals surface area contributed by atoms with Gasteiger partial charge in [-0.15, -0.1) is 11.3 Å². The number of thiophene rings is 1. The molecule has 12 heteroatoms. The number of aromatic amines is 1. The number of ether oxygens (including phenoxy) is 1. The first-order valence-corrected chi connectivity index (χ1v) is 10.6. The monoisotopic (exact) mass is 465 g/mol. The second kappa shape index (κ2) is 8.69. The van der Waals surface area contributed by atoms with Crippen LogP contribution in [-0.2, 0) is 10.3 Å². The highest BCUT2D eigenvalue weighted by Gasteiger charge is 2.37. The Hall–Kier alpha value is -2.89. The molecule has 1 saturated heterocycles. The molecule has 4 rings (SSSR count). The molecule has 1 fully saturated rings. The van der Waals surface area contributed by atoms with E-state index in [0.29, 0.717) is 17.9 Å². The molecule has 0 saturated carbocycles. The van der Waals surface area contributed by atoms with Crippen molar-refractivity contribution in [3.63, 3.8) is 0 Å². The topological polar surface area (TPSA) is 119 Å². The van der Waals surface area contributed by atoms with Gasteiger partial charge in [0, 0.05) is 11.5 Å². The van der Waals surface area contributed by atoms with E-state index in [1.54, 1.807) is 6.07 Å². The van der Waals surface area contributed by atoms with Gasteiger partial charge in [-0.05, 0) is 37.5 Å². The Morgan fingerprint density at radius 2 is 2.19 bits per heavy atom. The lowest BCUT2D eigenvalue weighted by molar-refractivity contribution is -0.0784. The van der Waals surface area contributed by atoms with Crippen molar-refractivity contribution >= 4 is 28.8 Å². The molecule has 0 radical (unpaired) electrons. The van der Waals surface area contributed by atoms with Gasteiger partial charge < -0.3 is 10.1 Å². The molecule has 1 unspecified atom stereocenters. The summed E-state index contributed by atoms with van der Waals surface area (Å²) in [7, 11) is 0. The van der Waals surface area contributed by atoms with Crippen LogP contribution in [0.15, 0.2) is 40.2 Å². The Morgan fingerprint density at radius 3 is 2.87 bits per heavy atom. The normalized spacial score (nSPS) is 18.6.